The van der Waals surface area contributed by atoms with Crippen molar-refractivity contribution in [2.45, 2.75) is 19.4 Å². The summed E-state index contributed by atoms with van der Waals surface area (Å²) in [5.74, 6) is -0.0707. The molecule has 0 fully saturated rings. The maximum atomic E-state index is 12.0. The van der Waals surface area contributed by atoms with Crippen LogP contribution in [0.2, 0.25) is 0 Å². The molecular weight excluding hydrogens is 216 g/mol. The summed E-state index contributed by atoms with van der Waals surface area (Å²) < 4.78 is 5.05. The third-order valence-corrected chi connectivity index (χ3v) is 2.61. The van der Waals surface area contributed by atoms with Crippen LogP contribution < -0.4 is 11.1 Å². The van der Waals surface area contributed by atoms with Gasteiger partial charge in [-0.25, -0.2) is 0 Å². The number of hydrogen-bond acceptors (Lipinski definition) is 3. The van der Waals surface area contributed by atoms with Crippen LogP contribution in [0.3, 0.4) is 0 Å². The Hall–Kier alpha value is -1.39. The minimum atomic E-state index is -0.0707. The minimum absolute atomic E-state index is 0.0305. The average Bonchev–Trinajstić information content (AvgIpc) is 2.30. The van der Waals surface area contributed by atoms with E-state index in [1.807, 2.05) is 31.2 Å². The van der Waals surface area contributed by atoms with Crippen LogP contribution in [0.4, 0.5) is 0 Å². The van der Waals surface area contributed by atoms with E-state index < -0.39 is 0 Å². The zero-order chi connectivity index (χ0) is 12.7. The normalized spacial score (nSPS) is 12.2. The lowest BCUT2D eigenvalue weighted by Gasteiger charge is -2.17. The van der Waals surface area contributed by atoms with E-state index in [4.69, 9.17) is 10.5 Å². The maximum absolute atomic E-state index is 12.0. The number of nitrogens with one attached hydrogen (secondary N) is 1. The van der Waals surface area contributed by atoms with E-state index in [9.17, 15) is 4.79 Å². The van der Waals surface area contributed by atoms with Crippen LogP contribution in [0.25, 0.3) is 0 Å². The van der Waals surface area contributed by atoms with E-state index in [0.717, 1.165) is 5.56 Å². The third-order valence-electron chi connectivity index (χ3n) is 2.61. The minimum Gasteiger partial charge on any atom is -0.383 e. The van der Waals surface area contributed by atoms with Crippen LogP contribution in [0.5, 0.6) is 0 Å². The Labute approximate surface area is 102 Å². The molecule has 0 radical (unpaired) electrons. The Bertz CT molecular complexity index is 360. The Balaban J connectivity index is 2.67. The predicted octanol–water partition coefficient (Wildman–Crippen LogP) is 1.09. The average molecular weight is 236 g/mol. The van der Waals surface area contributed by atoms with Crippen molar-refractivity contribution in [1.82, 2.24) is 5.32 Å². The maximum Gasteiger partial charge on any atom is 0.251 e. The molecule has 0 aliphatic rings. The van der Waals surface area contributed by atoms with E-state index in [0.29, 0.717) is 25.1 Å². The molecular formula is C13H20N2O2. The first kappa shape index (κ1) is 13.7. The number of hydrogen-bond donors (Lipinski definition) is 2. The molecule has 4 heteroatoms. The number of ether oxygens (including phenoxy) is 1. The number of carbonyl (C=O) groups excluding carboxylic acids is 1. The molecule has 0 bridgehead atoms. The molecule has 1 unspecified atom stereocenters. The Morgan fingerprint density at radius 3 is 2.76 bits per heavy atom. The van der Waals surface area contributed by atoms with Crippen LogP contribution in [-0.2, 0) is 4.74 Å². The summed E-state index contributed by atoms with van der Waals surface area (Å²) in [6.45, 7) is 2.93. The van der Waals surface area contributed by atoms with Crippen molar-refractivity contribution in [2.24, 2.45) is 5.73 Å². The van der Waals surface area contributed by atoms with E-state index >= 15 is 0 Å². The van der Waals surface area contributed by atoms with Crippen LogP contribution in [0.1, 0.15) is 22.3 Å². The number of methoxy groups -OCH3 is 1. The smallest absolute Gasteiger partial charge is 0.251 e. The van der Waals surface area contributed by atoms with E-state index in [2.05, 4.69) is 5.32 Å². The van der Waals surface area contributed by atoms with Gasteiger partial charge in [0, 0.05) is 12.7 Å². The van der Waals surface area contributed by atoms with Gasteiger partial charge in [-0.2, -0.15) is 0 Å². The summed E-state index contributed by atoms with van der Waals surface area (Å²) in [6, 6.07) is 7.48. The Kier molecular flexibility index (Phi) is 5.66. The van der Waals surface area contributed by atoms with Gasteiger partial charge in [0.05, 0.1) is 12.6 Å². The van der Waals surface area contributed by atoms with Crippen molar-refractivity contribution in [2.75, 3.05) is 20.3 Å². The SMILES string of the molecule is COCC(CCN)NC(=O)c1ccccc1C. The molecule has 0 spiro atoms. The molecule has 1 atom stereocenters. The number of amides is 1. The van der Waals surface area contributed by atoms with Crippen molar-refractivity contribution in [3.8, 4) is 0 Å². The van der Waals surface area contributed by atoms with Gasteiger partial charge < -0.3 is 15.8 Å². The molecule has 4 nitrogen and oxygen atoms in total. The zero-order valence-corrected chi connectivity index (χ0v) is 10.4. The number of aryl methyl sites for hydroxylation is 1. The van der Waals surface area contributed by atoms with Crippen molar-refractivity contribution in [3.63, 3.8) is 0 Å². The topological polar surface area (TPSA) is 64.3 Å². The van der Waals surface area contributed by atoms with Gasteiger partial charge in [-0.1, -0.05) is 18.2 Å². The van der Waals surface area contributed by atoms with Gasteiger partial charge >= 0.3 is 0 Å². The molecule has 1 aromatic carbocycles. The quantitative estimate of drug-likeness (QED) is 0.777. The zero-order valence-electron chi connectivity index (χ0n) is 10.4. The molecule has 0 aliphatic heterocycles. The Morgan fingerprint density at radius 2 is 2.18 bits per heavy atom. The Morgan fingerprint density at radius 1 is 1.47 bits per heavy atom. The van der Waals surface area contributed by atoms with Crippen LogP contribution in [0.15, 0.2) is 24.3 Å². The largest absolute Gasteiger partial charge is 0.383 e. The van der Waals surface area contributed by atoms with E-state index in [-0.39, 0.29) is 11.9 Å². The van der Waals surface area contributed by atoms with Crippen LogP contribution in [-0.4, -0.2) is 32.2 Å². The van der Waals surface area contributed by atoms with Crippen molar-refractivity contribution < 1.29 is 9.53 Å². The second kappa shape index (κ2) is 7.04. The molecule has 1 rings (SSSR count). The highest BCUT2D eigenvalue weighted by Gasteiger charge is 2.14. The third kappa shape index (κ3) is 4.17. The highest BCUT2D eigenvalue weighted by atomic mass is 16.5. The fourth-order valence-electron chi connectivity index (χ4n) is 1.69. The van der Waals surface area contributed by atoms with Gasteiger partial charge in [0.15, 0.2) is 0 Å². The fraction of sp³-hybridized carbons (Fsp3) is 0.462. The van der Waals surface area contributed by atoms with E-state index in [1.54, 1.807) is 7.11 Å². The molecule has 0 aliphatic carbocycles. The number of benzene rings is 1. The molecule has 0 aromatic heterocycles. The summed E-state index contributed by atoms with van der Waals surface area (Å²) in [7, 11) is 1.61. The number of rotatable bonds is 6. The van der Waals surface area contributed by atoms with Gasteiger partial charge in [-0.05, 0) is 31.5 Å². The standard InChI is InChI=1S/C13H20N2O2/c1-10-5-3-4-6-12(10)13(16)15-11(7-8-14)9-17-2/h3-6,11H,7-9,14H2,1-2H3,(H,15,16). The lowest BCUT2D eigenvalue weighted by atomic mass is 10.1. The number of carbonyl (C=O) groups is 1. The summed E-state index contributed by atoms with van der Waals surface area (Å²) in [4.78, 5) is 12.0. The molecule has 0 saturated heterocycles. The van der Waals surface area contributed by atoms with Crippen molar-refractivity contribution in [1.29, 1.82) is 0 Å². The lowest BCUT2D eigenvalue weighted by Crippen LogP contribution is -2.39. The van der Waals surface area contributed by atoms with Gasteiger partial charge in [0.2, 0.25) is 0 Å². The monoisotopic (exact) mass is 236 g/mol. The van der Waals surface area contributed by atoms with Gasteiger partial charge in [-0.15, -0.1) is 0 Å². The molecule has 0 saturated carbocycles. The predicted molar refractivity (Wildman–Crippen MR) is 68.0 cm³/mol. The molecule has 17 heavy (non-hydrogen) atoms. The highest BCUT2D eigenvalue weighted by Crippen LogP contribution is 2.07. The summed E-state index contributed by atoms with van der Waals surface area (Å²) in [5, 5.41) is 2.93. The van der Waals surface area contributed by atoms with Crippen LogP contribution >= 0.6 is 0 Å². The first-order valence-electron chi connectivity index (χ1n) is 5.74. The van der Waals surface area contributed by atoms with Crippen molar-refractivity contribution >= 4 is 5.91 Å². The van der Waals surface area contributed by atoms with Gasteiger partial charge in [-0.3, -0.25) is 4.79 Å². The molecule has 1 amide bonds. The molecule has 0 heterocycles. The fourth-order valence-corrected chi connectivity index (χ4v) is 1.69. The molecule has 94 valence electrons. The first-order valence-corrected chi connectivity index (χ1v) is 5.74. The highest BCUT2D eigenvalue weighted by molar-refractivity contribution is 5.95. The number of nitrogens with two attached hydrogens (primary N) is 1. The lowest BCUT2D eigenvalue weighted by molar-refractivity contribution is 0.0893. The van der Waals surface area contributed by atoms with E-state index in [1.165, 1.54) is 0 Å². The first-order chi connectivity index (χ1) is 8.19. The molecule has 3 N–H and O–H groups in total. The summed E-state index contributed by atoms with van der Waals surface area (Å²) in [5.41, 5.74) is 7.16. The van der Waals surface area contributed by atoms with Crippen LogP contribution in [0, 0.1) is 6.92 Å². The summed E-state index contributed by atoms with van der Waals surface area (Å²) >= 11 is 0. The molecule has 1 aromatic rings. The summed E-state index contributed by atoms with van der Waals surface area (Å²) in [6.07, 6.45) is 0.714. The van der Waals surface area contributed by atoms with Crippen molar-refractivity contribution in [3.05, 3.63) is 35.4 Å². The van der Waals surface area contributed by atoms with Gasteiger partial charge in [0.1, 0.15) is 0 Å². The second-order valence-corrected chi connectivity index (χ2v) is 4.02. The second-order valence-electron chi connectivity index (χ2n) is 4.02. The van der Waals surface area contributed by atoms with Gasteiger partial charge in [0.25, 0.3) is 5.91 Å².